The van der Waals surface area contributed by atoms with Crippen molar-refractivity contribution in [2.24, 2.45) is 0 Å². The van der Waals surface area contributed by atoms with E-state index in [9.17, 15) is 14.4 Å². The van der Waals surface area contributed by atoms with Crippen molar-refractivity contribution in [1.29, 1.82) is 0 Å². The number of carbonyl (C=O) groups is 2. The molecule has 0 spiro atoms. The van der Waals surface area contributed by atoms with Crippen LogP contribution in [-0.4, -0.2) is 33.7 Å². The highest BCUT2D eigenvalue weighted by molar-refractivity contribution is 7.99. The highest BCUT2D eigenvalue weighted by Gasteiger charge is 2.17. The molecule has 0 radical (unpaired) electrons. The molecule has 174 valence electrons. The molecule has 8 heteroatoms. The Labute approximate surface area is 198 Å². The molecule has 33 heavy (non-hydrogen) atoms. The van der Waals surface area contributed by atoms with Gasteiger partial charge in [0, 0.05) is 11.7 Å². The minimum atomic E-state index is -0.300. The lowest BCUT2D eigenvalue weighted by Gasteiger charge is -2.18. The Morgan fingerprint density at radius 3 is 2.42 bits per heavy atom. The molecule has 2 N–H and O–H groups in total. The molecular weight excluding hydrogens is 436 g/mol. The first kappa shape index (κ1) is 24.5. The van der Waals surface area contributed by atoms with Crippen LogP contribution in [-0.2, 0) is 9.59 Å². The molecule has 3 rings (SSSR count). The molecule has 0 aliphatic rings. The van der Waals surface area contributed by atoms with Gasteiger partial charge in [-0.15, -0.1) is 0 Å². The fourth-order valence-electron chi connectivity index (χ4n) is 3.72. The second-order valence-corrected chi connectivity index (χ2v) is 9.17. The maximum absolute atomic E-state index is 13.0. The van der Waals surface area contributed by atoms with Gasteiger partial charge in [-0.3, -0.25) is 19.0 Å². The number of thioether (sulfide) groups is 1. The molecule has 1 atom stereocenters. The van der Waals surface area contributed by atoms with Gasteiger partial charge >= 0.3 is 0 Å². The zero-order chi connectivity index (χ0) is 24.1. The van der Waals surface area contributed by atoms with Crippen molar-refractivity contribution in [2.45, 2.75) is 52.2 Å². The van der Waals surface area contributed by atoms with Crippen LogP contribution in [0.5, 0.6) is 0 Å². The molecule has 7 nitrogen and oxygen atoms in total. The molecule has 0 fully saturated rings. The third kappa shape index (κ3) is 5.82. The molecule has 2 aromatic carbocycles. The number of carbonyl (C=O) groups excluding carboxylic acids is 2. The van der Waals surface area contributed by atoms with Crippen LogP contribution in [0, 0.1) is 20.8 Å². The third-order valence-electron chi connectivity index (χ3n) is 5.53. The highest BCUT2D eigenvalue weighted by Crippen LogP contribution is 2.23. The Hall–Kier alpha value is -3.13. The minimum Gasteiger partial charge on any atom is -0.346 e. The summed E-state index contributed by atoms with van der Waals surface area (Å²) in [4.78, 5) is 42.4. The van der Waals surface area contributed by atoms with E-state index in [1.807, 2.05) is 58.9 Å². The van der Waals surface area contributed by atoms with Crippen molar-refractivity contribution in [2.75, 3.05) is 17.6 Å². The summed E-state index contributed by atoms with van der Waals surface area (Å²) in [6.45, 7) is 9.73. The third-order valence-corrected chi connectivity index (χ3v) is 6.48. The first-order valence-corrected chi connectivity index (χ1v) is 12.0. The second-order valence-electron chi connectivity index (χ2n) is 8.23. The second kappa shape index (κ2) is 10.7. The molecule has 1 aromatic heterocycles. The van der Waals surface area contributed by atoms with E-state index in [-0.39, 0.29) is 35.7 Å². The topological polar surface area (TPSA) is 93.1 Å². The number of anilines is 1. The van der Waals surface area contributed by atoms with Crippen molar-refractivity contribution >= 4 is 40.2 Å². The van der Waals surface area contributed by atoms with E-state index in [0.717, 1.165) is 28.8 Å². The number of rotatable bonds is 8. The first-order valence-electron chi connectivity index (χ1n) is 11.0. The highest BCUT2D eigenvalue weighted by atomic mass is 32.2. The summed E-state index contributed by atoms with van der Waals surface area (Å²) < 4.78 is 1.65. The number of nitrogens with zero attached hydrogens (tertiary/aromatic N) is 2. The van der Waals surface area contributed by atoms with Gasteiger partial charge in [0.1, 0.15) is 0 Å². The van der Waals surface area contributed by atoms with E-state index in [2.05, 4.69) is 15.6 Å². The van der Waals surface area contributed by atoms with Crippen LogP contribution in [0.4, 0.5) is 5.69 Å². The summed E-state index contributed by atoms with van der Waals surface area (Å²) in [7, 11) is 0. The maximum atomic E-state index is 13.0. The SMILES string of the molecule is CC[C@H](C)n1c(SCC(=O)NCC(=O)Nc2c(C)cc(C)cc2C)nc2ccccc2c1=O. The van der Waals surface area contributed by atoms with Crippen LogP contribution in [0.2, 0.25) is 0 Å². The average Bonchev–Trinajstić information content (AvgIpc) is 2.78. The Morgan fingerprint density at radius 1 is 1.09 bits per heavy atom. The van der Waals surface area contributed by atoms with Crippen molar-refractivity contribution in [1.82, 2.24) is 14.9 Å². The molecule has 1 heterocycles. The van der Waals surface area contributed by atoms with E-state index in [1.165, 1.54) is 11.8 Å². The van der Waals surface area contributed by atoms with Crippen molar-refractivity contribution in [3.8, 4) is 0 Å². The van der Waals surface area contributed by atoms with Crippen molar-refractivity contribution in [3.63, 3.8) is 0 Å². The molecule has 0 aliphatic carbocycles. The van der Waals surface area contributed by atoms with Crippen LogP contribution in [0.15, 0.2) is 46.3 Å². The van der Waals surface area contributed by atoms with Crippen LogP contribution in [0.1, 0.15) is 43.0 Å². The predicted molar refractivity (Wildman–Crippen MR) is 134 cm³/mol. The van der Waals surface area contributed by atoms with Gasteiger partial charge in [-0.2, -0.15) is 0 Å². The van der Waals surface area contributed by atoms with Gasteiger partial charge in [0.05, 0.1) is 23.2 Å². The van der Waals surface area contributed by atoms with E-state index in [0.29, 0.717) is 16.1 Å². The van der Waals surface area contributed by atoms with Gasteiger partial charge in [-0.1, -0.05) is 48.5 Å². The standard InChI is InChI=1S/C25H30N4O3S/c1-6-18(5)29-24(32)19-9-7-8-10-20(19)27-25(29)33-14-22(31)26-13-21(30)28-23-16(3)11-15(2)12-17(23)4/h7-12,18H,6,13-14H2,1-5H3,(H,26,31)(H,28,30)/t18-/m0/s1. The number of benzene rings is 2. The van der Waals surface area contributed by atoms with Crippen LogP contribution >= 0.6 is 11.8 Å². The molecule has 0 unspecified atom stereocenters. The van der Waals surface area contributed by atoms with Crippen LogP contribution < -0.4 is 16.2 Å². The zero-order valence-corrected chi connectivity index (χ0v) is 20.5. The van der Waals surface area contributed by atoms with Crippen molar-refractivity contribution in [3.05, 3.63) is 63.4 Å². The summed E-state index contributed by atoms with van der Waals surface area (Å²) in [5.74, 6) is -0.536. The summed E-state index contributed by atoms with van der Waals surface area (Å²) in [5.41, 5.74) is 4.36. The first-order chi connectivity index (χ1) is 15.7. The smallest absolute Gasteiger partial charge is 0.262 e. The quantitative estimate of drug-likeness (QED) is 0.384. The summed E-state index contributed by atoms with van der Waals surface area (Å²) >= 11 is 1.20. The number of aryl methyl sites for hydroxylation is 3. The van der Waals surface area contributed by atoms with Gasteiger partial charge in [-0.05, 0) is 57.4 Å². The van der Waals surface area contributed by atoms with E-state index >= 15 is 0 Å². The van der Waals surface area contributed by atoms with Crippen LogP contribution in [0.25, 0.3) is 10.9 Å². The lowest BCUT2D eigenvalue weighted by atomic mass is 10.1. The van der Waals surface area contributed by atoms with Gasteiger partial charge in [-0.25, -0.2) is 4.98 Å². The Balaban J connectivity index is 1.65. The van der Waals surface area contributed by atoms with E-state index in [1.54, 1.807) is 16.7 Å². The monoisotopic (exact) mass is 466 g/mol. The van der Waals surface area contributed by atoms with Crippen molar-refractivity contribution < 1.29 is 9.59 Å². The lowest BCUT2D eigenvalue weighted by molar-refractivity contribution is -0.122. The predicted octanol–water partition coefficient (Wildman–Crippen LogP) is 4.14. The lowest BCUT2D eigenvalue weighted by Crippen LogP contribution is -2.34. The van der Waals surface area contributed by atoms with Gasteiger partial charge in [0.2, 0.25) is 11.8 Å². The number of amides is 2. The zero-order valence-electron chi connectivity index (χ0n) is 19.7. The Kier molecular flexibility index (Phi) is 7.92. The van der Waals surface area contributed by atoms with E-state index in [4.69, 9.17) is 0 Å². The molecule has 0 saturated heterocycles. The minimum absolute atomic E-state index is 0.0491. The normalized spacial score (nSPS) is 11.9. The number of para-hydroxylation sites is 1. The largest absolute Gasteiger partial charge is 0.346 e. The fourth-order valence-corrected chi connectivity index (χ4v) is 4.65. The van der Waals surface area contributed by atoms with Gasteiger partial charge in [0.25, 0.3) is 5.56 Å². The van der Waals surface area contributed by atoms with Gasteiger partial charge in [0.15, 0.2) is 5.16 Å². The number of aromatic nitrogens is 2. The molecule has 0 aliphatic heterocycles. The summed E-state index contributed by atoms with van der Waals surface area (Å²) in [5, 5.41) is 6.59. The Bertz CT molecular complexity index is 1230. The molecule has 3 aromatic rings. The Morgan fingerprint density at radius 2 is 1.76 bits per heavy atom. The van der Waals surface area contributed by atoms with E-state index < -0.39 is 0 Å². The number of hydrogen-bond acceptors (Lipinski definition) is 5. The molecule has 0 bridgehead atoms. The van der Waals surface area contributed by atoms with Crippen LogP contribution in [0.3, 0.4) is 0 Å². The summed E-state index contributed by atoms with van der Waals surface area (Å²) in [6.07, 6.45) is 0.762. The number of fused-ring (bicyclic) bond motifs is 1. The molecule has 2 amide bonds. The average molecular weight is 467 g/mol. The molecule has 0 saturated carbocycles. The number of hydrogen-bond donors (Lipinski definition) is 2. The number of nitrogens with one attached hydrogen (secondary N) is 2. The summed E-state index contributed by atoms with van der Waals surface area (Å²) in [6, 6.07) is 11.2. The van der Waals surface area contributed by atoms with Gasteiger partial charge < -0.3 is 10.6 Å². The fraction of sp³-hybridized carbons (Fsp3) is 0.360. The maximum Gasteiger partial charge on any atom is 0.262 e. The molecular formula is C25H30N4O3S.